The molecule has 2 atom stereocenters. The third-order valence-corrected chi connectivity index (χ3v) is 6.59. The Kier molecular flexibility index (Phi) is 5.75. The quantitative estimate of drug-likeness (QED) is 0.416. The van der Waals surface area contributed by atoms with Crippen LogP contribution in [-0.2, 0) is 0 Å². The highest BCUT2D eigenvalue weighted by Crippen LogP contribution is 2.29. The van der Waals surface area contributed by atoms with Gasteiger partial charge < -0.3 is 5.32 Å². The van der Waals surface area contributed by atoms with Crippen molar-refractivity contribution in [2.24, 2.45) is 0 Å². The number of fused-ring (bicyclic) bond motifs is 1. The van der Waals surface area contributed by atoms with Crippen molar-refractivity contribution in [3.05, 3.63) is 91.0 Å². The number of nitrogens with zero attached hydrogens (tertiary/aromatic N) is 2. The van der Waals surface area contributed by atoms with E-state index in [2.05, 4.69) is 74.6 Å². The van der Waals surface area contributed by atoms with Crippen LogP contribution in [0.3, 0.4) is 0 Å². The van der Waals surface area contributed by atoms with Gasteiger partial charge in [-0.05, 0) is 65.1 Å². The zero-order valence-corrected chi connectivity index (χ0v) is 17.5. The van der Waals surface area contributed by atoms with Gasteiger partial charge in [-0.3, -0.25) is 14.7 Å². The smallest absolute Gasteiger partial charge is 0.0346 e. The maximum absolute atomic E-state index is 4.21. The molecule has 1 aliphatic rings. The first-order chi connectivity index (χ1) is 14.9. The first kappa shape index (κ1) is 19.2. The molecule has 1 fully saturated rings. The van der Waals surface area contributed by atoms with E-state index in [0.717, 1.165) is 12.1 Å². The maximum atomic E-state index is 4.21. The van der Waals surface area contributed by atoms with Crippen LogP contribution in [0, 0.1) is 0 Å². The summed E-state index contributed by atoms with van der Waals surface area (Å²) in [5.41, 5.74) is 3.73. The maximum Gasteiger partial charge on any atom is 0.0346 e. The van der Waals surface area contributed by atoms with E-state index in [4.69, 9.17) is 0 Å². The normalized spacial score (nSPS) is 18.7. The molecule has 1 saturated heterocycles. The van der Waals surface area contributed by atoms with Crippen LogP contribution in [0.1, 0.15) is 24.4 Å². The van der Waals surface area contributed by atoms with Crippen molar-refractivity contribution in [3.8, 4) is 11.1 Å². The van der Waals surface area contributed by atoms with Crippen LogP contribution in [0.25, 0.3) is 21.9 Å². The number of hydrogen-bond donors (Lipinski definition) is 2. The van der Waals surface area contributed by atoms with Crippen LogP contribution in [0.15, 0.2) is 90.3 Å². The van der Waals surface area contributed by atoms with E-state index in [0.29, 0.717) is 12.1 Å². The van der Waals surface area contributed by atoms with E-state index in [-0.39, 0.29) is 0 Å². The molecule has 4 nitrogen and oxygen atoms in total. The van der Waals surface area contributed by atoms with Crippen LogP contribution < -0.4 is 10.0 Å². The van der Waals surface area contributed by atoms with Crippen molar-refractivity contribution in [1.29, 1.82) is 0 Å². The zero-order chi connectivity index (χ0) is 20.2. The molecule has 0 aliphatic carbocycles. The Morgan fingerprint density at radius 2 is 1.77 bits per heavy atom. The van der Waals surface area contributed by atoms with Crippen LogP contribution in [0.2, 0.25) is 0 Å². The van der Waals surface area contributed by atoms with Crippen LogP contribution in [-0.4, -0.2) is 22.6 Å². The van der Waals surface area contributed by atoms with Gasteiger partial charge in [0.2, 0.25) is 0 Å². The monoisotopic (exact) mass is 412 g/mol. The number of hydrogen-bond acceptors (Lipinski definition) is 5. The molecular formula is C25H24N4S. The van der Waals surface area contributed by atoms with Gasteiger partial charge in [-0.25, -0.2) is 0 Å². The standard InChI is InChI=1S/C25H24N4S/c1-3-21-16-27-14-12-23(21)25(5-1)30-28-17-22-10-11-24(29-22)19-8-6-18(7-9-19)20-4-2-13-26-15-20/h1-9,12-16,22,24,28-29H,10-11,17H2. The van der Waals surface area contributed by atoms with Crippen molar-refractivity contribution >= 4 is 22.7 Å². The Morgan fingerprint density at radius 1 is 0.867 bits per heavy atom. The van der Waals surface area contributed by atoms with E-state index in [9.17, 15) is 0 Å². The molecule has 0 saturated carbocycles. The molecule has 0 bridgehead atoms. The van der Waals surface area contributed by atoms with Gasteiger partial charge >= 0.3 is 0 Å². The van der Waals surface area contributed by atoms with E-state index in [1.807, 2.05) is 30.9 Å². The molecule has 150 valence electrons. The van der Waals surface area contributed by atoms with Gasteiger partial charge in [-0.2, -0.15) is 0 Å². The minimum absolute atomic E-state index is 0.424. The summed E-state index contributed by atoms with van der Waals surface area (Å²) in [4.78, 5) is 9.67. The van der Waals surface area contributed by atoms with Crippen LogP contribution in [0.4, 0.5) is 0 Å². The average Bonchev–Trinajstić information content (AvgIpc) is 3.29. The summed E-state index contributed by atoms with van der Waals surface area (Å²) in [5.74, 6) is 0. The summed E-state index contributed by atoms with van der Waals surface area (Å²) in [6.07, 6.45) is 9.85. The highest BCUT2D eigenvalue weighted by Gasteiger charge is 2.24. The topological polar surface area (TPSA) is 49.8 Å². The fraction of sp³-hybridized carbons (Fsp3) is 0.200. The molecule has 2 aromatic carbocycles. The molecule has 30 heavy (non-hydrogen) atoms. The fourth-order valence-corrected chi connectivity index (χ4v) is 4.97. The van der Waals surface area contributed by atoms with Gasteiger partial charge in [-0.15, -0.1) is 0 Å². The number of pyridine rings is 2. The Labute approximate surface area is 181 Å². The number of aromatic nitrogens is 2. The first-order valence-electron chi connectivity index (χ1n) is 10.4. The number of benzene rings is 2. The minimum atomic E-state index is 0.424. The second-order valence-electron chi connectivity index (χ2n) is 7.66. The summed E-state index contributed by atoms with van der Waals surface area (Å²) in [5, 5.41) is 6.22. The van der Waals surface area contributed by atoms with E-state index < -0.39 is 0 Å². The van der Waals surface area contributed by atoms with Crippen molar-refractivity contribution in [1.82, 2.24) is 20.0 Å². The molecule has 5 heteroatoms. The van der Waals surface area contributed by atoms with Gasteiger partial charge in [0.25, 0.3) is 0 Å². The summed E-state index contributed by atoms with van der Waals surface area (Å²) in [6, 6.07) is 22.3. The van der Waals surface area contributed by atoms with Crippen molar-refractivity contribution < 1.29 is 0 Å². The lowest BCUT2D eigenvalue weighted by Crippen LogP contribution is -2.32. The summed E-state index contributed by atoms with van der Waals surface area (Å²) in [7, 11) is 0. The molecule has 2 aromatic heterocycles. The van der Waals surface area contributed by atoms with Crippen LogP contribution in [0.5, 0.6) is 0 Å². The molecule has 0 radical (unpaired) electrons. The number of nitrogens with one attached hydrogen (secondary N) is 2. The average molecular weight is 413 g/mol. The lowest BCUT2D eigenvalue weighted by Gasteiger charge is -2.16. The van der Waals surface area contributed by atoms with Gasteiger partial charge in [0.15, 0.2) is 0 Å². The molecule has 2 unspecified atom stereocenters. The third kappa shape index (κ3) is 4.24. The molecule has 3 heterocycles. The predicted octanol–water partition coefficient (Wildman–Crippen LogP) is 5.39. The van der Waals surface area contributed by atoms with Crippen molar-refractivity contribution in [2.45, 2.75) is 29.8 Å². The largest absolute Gasteiger partial charge is 0.306 e. The van der Waals surface area contributed by atoms with E-state index in [1.165, 1.54) is 39.6 Å². The Balaban J connectivity index is 1.16. The van der Waals surface area contributed by atoms with E-state index in [1.54, 1.807) is 11.9 Å². The van der Waals surface area contributed by atoms with Gasteiger partial charge in [0.1, 0.15) is 0 Å². The highest BCUT2D eigenvalue weighted by atomic mass is 32.2. The fourth-order valence-electron chi connectivity index (χ4n) is 4.09. The second-order valence-corrected chi connectivity index (χ2v) is 8.59. The third-order valence-electron chi connectivity index (χ3n) is 5.70. The molecular weight excluding hydrogens is 388 g/mol. The van der Waals surface area contributed by atoms with Crippen molar-refractivity contribution in [2.75, 3.05) is 6.54 Å². The van der Waals surface area contributed by atoms with E-state index >= 15 is 0 Å². The molecule has 0 spiro atoms. The Morgan fingerprint density at radius 3 is 2.63 bits per heavy atom. The minimum Gasteiger partial charge on any atom is -0.306 e. The van der Waals surface area contributed by atoms with Crippen molar-refractivity contribution in [3.63, 3.8) is 0 Å². The Bertz CT molecular complexity index is 1110. The summed E-state index contributed by atoms with van der Waals surface area (Å²) < 4.78 is 3.57. The lowest BCUT2D eigenvalue weighted by molar-refractivity contribution is 0.550. The predicted molar refractivity (Wildman–Crippen MR) is 124 cm³/mol. The van der Waals surface area contributed by atoms with Gasteiger partial charge in [0.05, 0.1) is 0 Å². The number of rotatable bonds is 6. The SMILES string of the molecule is c1cncc(-c2ccc(C3CCC(CNSc4cccc5cnccc45)N3)cc2)c1. The highest BCUT2D eigenvalue weighted by molar-refractivity contribution is 7.97. The first-order valence-corrected chi connectivity index (χ1v) is 11.2. The molecule has 4 aromatic rings. The summed E-state index contributed by atoms with van der Waals surface area (Å²) in [6.45, 7) is 0.941. The summed E-state index contributed by atoms with van der Waals surface area (Å²) >= 11 is 1.71. The van der Waals surface area contributed by atoms with Crippen LogP contribution >= 0.6 is 11.9 Å². The molecule has 5 rings (SSSR count). The van der Waals surface area contributed by atoms with Gasteiger partial charge in [-0.1, -0.05) is 42.5 Å². The van der Waals surface area contributed by atoms with Gasteiger partial charge in [0, 0.05) is 53.7 Å². The second kappa shape index (κ2) is 8.96. The Hall–Kier alpha value is -2.73. The molecule has 0 amide bonds. The molecule has 2 N–H and O–H groups in total. The lowest BCUT2D eigenvalue weighted by atomic mass is 10.0. The zero-order valence-electron chi connectivity index (χ0n) is 16.7. The molecule has 1 aliphatic heterocycles.